The standard InChI is InChI=1S/C15H24N2O2S/c1-11-4-3-5-13(8-11)19-9-14(18)16-7-6-15-17-12(2)10-20-15/h10-11,13H,3-9H2,1-2H3,(H,16,18)/t11-,13-/m0/s1. The first-order chi connectivity index (χ1) is 9.63. The fraction of sp³-hybridized carbons (Fsp3) is 0.733. The summed E-state index contributed by atoms with van der Waals surface area (Å²) in [6, 6.07) is 0. The Morgan fingerprint density at radius 3 is 3.10 bits per heavy atom. The highest BCUT2D eigenvalue weighted by molar-refractivity contribution is 7.09. The van der Waals surface area contributed by atoms with Gasteiger partial charge in [-0.3, -0.25) is 4.79 Å². The van der Waals surface area contributed by atoms with Crippen molar-refractivity contribution in [2.75, 3.05) is 13.2 Å². The molecule has 1 aromatic rings. The van der Waals surface area contributed by atoms with Crippen LogP contribution < -0.4 is 5.32 Å². The van der Waals surface area contributed by atoms with E-state index in [4.69, 9.17) is 4.74 Å². The van der Waals surface area contributed by atoms with E-state index in [1.165, 1.54) is 12.8 Å². The molecule has 1 heterocycles. The average Bonchev–Trinajstić information content (AvgIpc) is 2.82. The van der Waals surface area contributed by atoms with Gasteiger partial charge in [0.15, 0.2) is 0 Å². The minimum absolute atomic E-state index is 0.0171. The van der Waals surface area contributed by atoms with Crippen molar-refractivity contribution in [3.63, 3.8) is 0 Å². The van der Waals surface area contributed by atoms with Crippen LogP contribution in [0.15, 0.2) is 5.38 Å². The second-order valence-electron chi connectivity index (χ2n) is 5.69. The zero-order chi connectivity index (χ0) is 14.4. The monoisotopic (exact) mass is 296 g/mol. The lowest BCUT2D eigenvalue weighted by molar-refractivity contribution is -0.128. The Hall–Kier alpha value is -0.940. The summed E-state index contributed by atoms with van der Waals surface area (Å²) in [4.78, 5) is 16.1. The largest absolute Gasteiger partial charge is 0.368 e. The van der Waals surface area contributed by atoms with Crippen LogP contribution in [0.4, 0.5) is 0 Å². The number of amides is 1. The molecular formula is C15H24N2O2S. The molecule has 0 aliphatic heterocycles. The molecule has 0 radical (unpaired) electrons. The van der Waals surface area contributed by atoms with E-state index in [2.05, 4.69) is 17.2 Å². The van der Waals surface area contributed by atoms with Crippen LogP contribution in [0.2, 0.25) is 0 Å². The van der Waals surface area contributed by atoms with E-state index >= 15 is 0 Å². The molecule has 1 saturated carbocycles. The predicted octanol–water partition coefficient (Wildman–Crippen LogP) is 2.71. The van der Waals surface area contributed by atoms with Crippen LogP contribution in [0.1, 0.15) is 43.3 Å². The molecule has 5 heteroatoms. The molecule has 1 N–H and O–H groups in total. The number of ether oxygens (including phenoxy) is 1. The van der Waals surface area contributed by atoms with Gasteiger partial charge in [0.05, 0.1) is 11.1 Å². The summed E-state index contributed by atoms with van der Waals surface area (Å²) in [6.45, 7) is 5.06. The van der Waals surface area contributed by atoms with E-state index in [0.717, 1.165) is 35.9 Å². The Kier molecular flexibility index (Phi) is 5.98. The second kappa shape index (κ2) is 7.74. The number of nitrogens with one attached hydrogen (secondary N) is 1. The number of hydrogen-bond donors (Lipinski definition) is 1. The van der Waals surface area contributed by atoms with Crippen molar-refractivity contribution in [3.8, 4) is 0 Å². The molecule has 4 nitrogen and oxygen atoms in total. The number of nitrogens with zero attached hydrogens (tertiary/aromatic N) is 1. The molecule has 0 aromatic carbocycles. The first-order valence-electron chi connectivity index (χ1n) is 7.43. The molecule has 0 bridgehead atoms. The zero-order valence-corrected chi connectivity index (χ0v) is 13.2. The lowest BCUT2D eigenvalue weighted by Crippen LogP contribution is -2.32. The third kappa shape index (κ3) is 5.21. The summed E-state index contributed by atoms with van der Waals surface area (Å²) < 4.78 is 5.70. The Bertz CT molecular complexity index is 433. The van der Waals surface area contributed by atoms with Gasteiger partial charge < -0.3 is 10.1 Å². The fourth-order valence-corrected chi connectivity index (χ4v) is 3.38. The molecule has 2 rings (SSSR count). The van der Waals surface area contributed by atoms with Gasteiger partial charge in [-0.05, 0) is 25.7 Å². The Labute approximate surface area is 124 Å². The summed E-state index contributed by atoms with van der Waals surface area (Å²) in [5, 5.41) is 6.00. The van der Waals surface area contributed by atoms with Gasteiger partial charge in [0.25, 0.3) is 0 Å². The topological polar surface area (TPSA) is 51.2 Å². The van der Waals surface area contributed by atoms with Gasteiger partial charge in [0.2, 0.25) is 5.91 Å². The third-order valence-corrected chi connectivity index (χ3v) is 4.69. The highest BCUT2D eigenvalue weighted by Crippen LogP contribution is 2.25. The van der Waals surface area contributed by atoms with Crippen LogP contribution in [0.3, 0.4) is 0 Å². The van der Waals surface area contributed by atoms with Gasteiger partial charge in [-0.15, -0.1) is 11.3 Å². The summed E-state index contributed by atoms with van der Waals surface area (Å²) in [5.41, 5.74) is 1.05. The molecule has 1 aliphatic rings. The first-order valence-corrected chi connectivity index (χ1v) is 8.30. The molecule has 1 aliphatic carbocycles. The van der Waals surface area contributed by atoms with Gasteiger partial charge in [-0.2, -0.15) is 0 Å². The van der Waals surface area contributed by atoms with Gasteiger partial charge in [0, 0.05) is 24.0 Å². The van der Waals surface area contributed by atoms with Crippen molar-refractivity contribution in [2.45, 2.75) is 52.1 Å². The molecule has 2 atom stereocenters. The van der Waals surface area contributed by atoms with E-state index in [-0.39, 0.29) is 18.6 Å². The molecule has 1 amide bonds. The van der Waals surface area contributed by atoms with Crippen LogP contribution in [-0.4, -0.2) is 30.1 Å². The summed E-state index contributed by atoms with van der Waals surface area (Å²) in [7, 11) is 0. The number of carbonyl (C=O) groups is 1. The minimum Gasteiger partial charge on any atom is -0.368 e. The Morgan fingerprint density at radius 1 is 1.55 bits per heavy atom. The van der Waals surface area contributed by atoms with E-state index in [9.17, 15) is 4.79 Å². The third-order valence-electron chi connectivity index (χ3n) is 3.67. The number of hydrogen-bond acceptors (Lipinski definition) is 4. The van der Waals surface area contributed by atoms with Crippen LogP contribution >= 0.6 is 11.3 Å². The van der Waals surface area contributed by atoms with Crippen LogP contribution in [0.25, 0.3) is 0 Å². The predicted molar refractivity (Wildman–Crippen MR) is 80.9 cm³/mol. The molecule has 0 unspecified atom stereocenters. The van der Waals surface area contributed by atoms with Crippen molar-refractivity contribution in [1.82, 2.24) is 10.3 Å². The number of rotatable bonds is 6. The SMILES string of the molecule is Cc1csc(CCNC(=O)CO[C@H]2CCC[C@H](C)C2)n1. The summed E-state index contributed by atoms with van der Waals surface area (Å²) >= 11 is 1.64. The number of thiazole rings is 1. The number of aromatic nitrogens is 1. The van der Waals surface area contributed by atoms with Crippen LogP contribution in [0.5, 0.6) is 0 Å². The fourth-order valence-electron chi connectivity index (χ4n) is 2.60. The van der Waals surface area contributed by atoms with Gasteiger partial charge >= 0.3 is 0 Å². The van der Waals surface area contributed by atoms with Crippen molar-refractivity contribution < 1.29 is 9.53 Å². The highest BCUT2D eigenvalue weighted by Gasteiger charge is 2.19. The normalized spacial score (nSPS) is 22.7. The molecule has 1 fully saturated rings. The zero-order valence-electron chi connectivity index (χ0n) is 12.4. The van der Waals surface area contributed by atoms with Gasteiger partial charge in [-0.25, -0.2) is 4.98 Å². The number of aryl methyl sites for hydroxylation is 1. The van der Waals surface area contributed by atoms with Crippen molar-refractivity contribution in [3.05, 3.63) is 16.1 Å². The average molecular weight is 296 g/mol. The molecule has 1 aromatic heterocycles. The van der Waals surface area contributed by atoms with Crippen molar-refractivity contribution in [1.29, 1.82) is 0 Å². The summed E-state index contributed by atoms with van der Waals surface area (Å²) in [6.07, 6.45) is 5.76. The lowest BCUT2D eigenvalue weighted by Gasteiger charge is -2.26. The van der Waals surface area contributed by atoms with Gasteiger partial charge in [0.1, 0.15) is 6.61 Å². The molecule has 0 saturated heterocycles. The molecular weight excluding hydrogens is 272 g/mol. The second-order valence-corrected chi connectivity index (χ2v) is 6.63. The Balaban J connectivity index is 1.58. The maximum atomic E-state index is 11.7. The number of carbonyl (C=O) groups excluding carboxylic acids is 1. The summed E-state index contributed by atoms with van der Waals surface area (Å²) in [5.74, 6) is 0.710. The quantitative estimate of drug-likeness (QED) is 0.878. The van der Waals surface area contributed by atoms with Crippen LogP contribution in [0, 0.1) is 12.8 Å². The molecule has 20 heavy (non-hydrogen) atoms. The lowest BCUT2D eigenvalue weighted by atomic mass is 9.89. The van der Waals surface area contributed by atoms with Crippen molar-refractivity contribution >= 4 is 17.2 Å². The molecule has 112 valence electrons. The van der Waals surface area contributed by atoms with E-state index in [1.807, 2.05) is 12.3 Å². The van der Waals surface area contributed by atoms with Gasteiger partial charge in [-0.1, -0.05) is 19.8 Å². The van der Waals surface area contributed by atoms with E-state index in [0.29, 0.717) is 6.54 Å². The maximum Gasteiger partial charge on any atom is 0.246 e. The smallest absolute Gasteiger partial charge is 0.246 e. The van der Waals surface area contributed by atoms with E-state index < -0.39 is 0 Å². The first kappa shape index (κ1) is 15.4. The minimum atomic E-state index is -0.0171. The van der Waals surface area contributed by atoms with Crippen LogP contribution in [-0.2, 0) is 16.0 Å². The van der Waals surface area contributed by atoms with Crippen molar-refractivity contribution in [2.24, 2.45) is 5.92 Å². The highest BCUT2D eigenvalue weighted by atomic mass is 32.1. The molecule has 0 spiro atoms. The maximum absolute atomic E-state index is 11.7. The Morgan fingerprint density at radius 2 is 2.40 bits per heavy atom. The van der Waals surface area contributed by atoms with E-state index in [1.54, 1.807) is 11.3 Å².